The van der Waals surface area contributed by atoms with Crippen molar-refractivity contribution in [2.45, 2.75) is 39.0 Å². The lowest BCUT2D eigenvalue weighted by Gasteiger charge is -2.35. The van der Waals surface area contributed by atoms with E-state index in [1.165, 1.54) is 0 Å². The molecule has 24 heavy (non-hydrogen) atoms. The number of aromatic nitrogens is 1. The zero-order valence-corrected chi connectivity index (χ0v) is 14.4. The number of para-hydroxylation sites is 1. The first-order chi connectivity index (χ1) is 11.6. The lowest BCUT2D eigenvalue weighted by molar-refractivity contribution is -0.126. The van der Waals surface area contributed by atoms with Crippen molar-refractivity contribution in [2.24, 2.45) is 0 Å². The molecule has 1 aliphatic heterocycles. The van der Waals surface area contributed by atoms with Gasteiger partial charge in [-0.3, -0.25) is 14.7 Å². The van der Waals surface area contributed by atoms with E-state index in [9.17, 15) is 4.79 Å². The molecule has 1 fully saturated rings. The molecule has 3 rings (SSSR count). The van der Waals surface area contributed by atoms with Gasteiger partial charge in [-0.1, -0.05) is 18.2 Å². The molecule has 2 aromatic rings. The largest absolute Gasteiger partial charge is 0.375 e. The summed E-state index contributed by atoms with van der Waals surface area (Å²) in [5.74, 6) is 0.0266. The van der Waals surface area contributed by atoms with Crippen LogP contribution in [0.2, 0.25) is 0 Å². The van der Waals surface area contributed by atoms with Gasteiger partial charge in [0.15, 0.2) is 0 Å². The highest BCUT2D eigenvalue weighted by atomic mass is 16.5. The molecule has 1 unspecified atom stereocenters. The number of carbonyl (C=O) groups is 1. The van der Waals surface area contributed by atoms with Crippen molar-refractivity contribution in [1.82, 2.24) is 15.2 Å². The number of benzene rings is 1. The molecule has 2 heterocycles. The van der Waals surface area contributed by atoms with E-state index in [2.05, 4.69) is 35.1 Å². The van der Waals surface area contributed by atoms with Gasteiger partial charge in [0.1, 0.15) is 0 Å². The smallest absolute Gasteiger partial charge is 0.222 e. The van der Waals surface area contributed by atoms with Gasteiger partial charge in [-0.25, -0.2) is 0 Å². The topological polar surface area (TPSA) is 54.5 Å². The Morgan fingerprint density at radius 3 is 3.08 bits per heavy atom. The maximum absolute atomic E-state index is 12.2. The SMILES string of the molecule is CC(C)N1CCOC(CC(=O)NCc2cnc3ccccc3c2)C1. The Balaban J connectivity index is 1.51. The molecule has 1 N–H and O–H groups in total. The van der Waals surface area contributed by atoms with Crippen molar-refractivity contribution in [1.29, 1.82) is 0 Å². The number of nitrogens with zero attached hydrogens (tertiary/aromatic N) is 2. The van der Waals surface area contributed by atoms with Gasteiger partial charge in [-0.15, -0.1) is 0 Å². The molecule has 1 saturated heterocycles. The van der Waals surface area contributed by atoms with Crippen LogP contribution in [0.1, 0.15) is 25.8 Å². The third kappa shape index (κ3) is 4.30. The Bertz CT molecular complexity index is 702. The van der Waals surface area contributed by atoms with Crippen molar-refractivity contribution in [3.05, 3.63) is 42.1 Å². The molecule has 0 radical (unpaired) electrons. The Kier molecular flexibility index (Phi) is 5.43. The number of hydrogen-bond donors (Lipinski definition) is 1. The van der Waals surface area contributed by atoms with Crippen molar-refractivity contribution in [3.8, 4) is 0 Å². The van der Waals surface area contributed by atoms with Gasteiger partial charge in [-0.2, -0.15) is 0 Å². The standard InChI is InChI=1S/C19H25N3O2/c1-14(2)22-7-8-24-17(13-22)10-19(23)21-12-15-9-16-5-3-4-6-18(16)20-11-15/h3-6,9,11,14,17H,7-8,10,12-13H2,1-2H3,(H,21,23). The van der Waals surface area contributed by atoms with Crippen LogP contribution in [0.15, 0.2) is 36.5 Å². The summed E-state index contributed by atoms with van der Waals surface area (Å²) in [4.78, 5) is 19.0. The second-order valence-corrected chi connectivity index (χ2v) is 6.60. The van der Waals surface area contributed by atoms with Gasteiger partial charge >= 0.3 is 0 Å². The normalized spacial score (nSPS) is 18.9. The summed E-state index contributed by atoms with van der Waals surface area (Å²) in [7, 11) is 0. The van der Waals surface area contributed by atoms with Crippen LogP contribution in [0.25, 0.3) is 10.9 Å². The summed E-state index contributed by atoms with van der Waals surface area (Å²) in [6.45, 7) is 7.31. The molecule has 0 bridgehead atoms. The maximum Gasteiger partial charge on any atom is 0.222 e. The van der Waals surface area contributed by atoms with Gasteiger partial charge in [0.25, 0.3) is 0 Å². The number of fused-ring (bicyclic) bond motifs is 1. The number of rotatable bonds is 5. The summed E-state index contributed by atoms with van der Waals surface area (Å²) in [6, 6.07) is 10.5. The van der Waals surface area contributed by atoms with Crippen LogP contribution in [-0.2, 0) is 16.1 Å². The molecule has 0 aliphatic carbocycles. The van der Waals surface area contributed by atoms with Gasteiger partial charge in [0.05, 0.1) is 24.6 Å². The van der Waals surface area contributed by atoms with Crippen LogP contribution >= 0.6 is 0 Å². The molecule has 5 nitrogen and oxygen atoms in total. The van der Waals surface area contributed by atoms with E-state index in [4.69, 9.17) is 4.74 Å². The summed E-state index contributed by atoms with van der Waals surface area (Å²) < 4.78 is 5.72. The third-order valence-electron chi connectivity index (χ3n) is 4.45. The first-order valence-electron chi connectivity index (χ1n) is 8.58. The fourth-order valence-corrected chi connectivity index (χ4v) is 3.03. The number of ether oxygens (including phenoxy) is 1. The number of nitrogens with one attached hydrogen (secondary N) is 1. The molecular weight excluding hydrogens is 302 g/mol. The van der Waals surface area contributed by atoms with Crippen LogP contribution in [-0.4, -0.2) is 47.6 Å². The molecule has 128 valence electrons. The average molecular weight is 327 g/mol. The number of pyridine rings is 1. The predicted octanol–water partition coefficient (Wildman–Crippen LogP) is 2.35. The number of hydrogen-bond acceptors (Lipinski definition) is 4. The molecule has 1 amide bonds. The van der Waals surface area contributed by atoms with E-state index in [0.717, 1.165) is 29.6 Å². The molecule has 0 saturated carbocycles. The van der Waals surface area contributed by atoms with Crippen molar-refractivity contribution in [3.63, 3.8) is 0 Å². The zero-order chi connectivity index (χ0) is 16.9. The van der Waals surface area contributed by atoms with E-state index < -0.39 is 0 Å². The number of amides is 1. The molecule has 1 aromatic heterocycles. The van der Waals surface area contributed by atoms with Crippen molar-refractivity contribution in [2.75, 3.05) is 19.7 Å². The maximum atomic E-state index is 12.2. The highest BCUT2D eigenvalue weighted by Gasteiger charge is 2.24. The first kappa shape index (κ1) is 16.9. The first-order valence-corrected chi connectivity index (χ1v) is 8.58. The van der Waals surface area contributed by atoms with E-state index in [1.807, 2.05) is 30.5 Å². The highest BCUT2D eigenvalue weighted by Crippen LogP contribution is 2.13. The summed E-state index contributed by atoms with van der Waals surface area (Å²) in [5.41, 5.74) is 1.98. The molecular formula is C19H25N3O2. The summed E-state index contributed by atoms with van der Waals surface area (Å²) >= 11 is 0. The van der Waals surface area contributed by atoms with E-state index in [1.54, 1.807) is 0 Å². The minimum Gasteiger partial charge on any atom is -0.375 e. The van der Waals surface area contributed by atoms with Crippen LogP contribution in [0.3, 0.4) is 0 Å². The van der Waals surface area contributed by atoms with Crippen LogP contribution in [0.5, 0.6) is 0 Å². The van der Waals surface area contributed by atoms with Crippen LogP contribution < -0.4 is 5.32 Å². The number of carbonyl (C=O) groups excluding carboxylic acids is 1. The molecule has 5 heteroatoms. The zero-order valence-electron chi connectivity index (χ0n) is 14.4. The molecule has 1 aliphatic rings. The Labute approximate surface area is 143 Å². The van der Waals surface area contributed by atoms with E-state index in [-0.39, 0.29) is 12.0 Å². The number of morpholine rings is 1. The van der Waals surface area contributed by atoms with Gasteiger partial charge in [0, 0.05) is 37.3 Å². The fourth-order valence-electron chi connectivity index (χ4n) is 3.03. The molecule has 0 spiro atoms. The van der Waals surface area contributed by atoms with Gasteiger partial charge in [-0.05, 0) is 31.5 Å². The summed E-state index contributed by atoms with van der Waals surface area (Å²) in [6.07, 6.45) is 2.21. The van der Waals surface area contributed by atoms with Crippen LogP contribution in [0, 0.1) is 0 Å². The van der Waals surface area contributed by atoms with Gasteiger partial charge < -0.3 is 10.1 Å². The Morgan fingerprint density at radius 1 is 1.42 bits per heavy atom. The monoisotopic (exact) mass is 327 g/mol. The fraction of sp³-hybridized carbons (Fsp3) is 0.474. The molecule has 1 atom stereocenters. The third-order valence-corrected chi connectivity index (χ3v) is 4.45. The minimum absolute atomic E-state index is 0.0177. The quantitative estimate of drug-likeness (QED) is 0.916. The van der Waals surface area contributed by atoms with Crippen molar-refractivity contribution < 1.29 is 9.53 Å². The predicted molar refractivity (Wildman–Crippen MR) is 94.7 cm³/mol. The van der Waals surface area contributed by atoms with Crippen LogP contribution in [0.4, 0.5) is 0 Å². The Morgan fingerprint density at radius 2 is 2.25 bits per heavy atom. The highest BCUT2D eigenvalue weighted by molar-refractivity contribution is 5.79. The van der Waals surface area contributed by atoms with E-state index in [0.29, 0.717) is 25.6 Å². The minimum atomic E-state index is -0.0177. The second kappa shape index (κ2) is 7.73. The second-order valence-electron chi connectivity index (χ2n) is 6.60. The van der Waals surface area contributed by atoms with Crippen molar-refractivity contribution >= 4 is 16.8 Å². The Hall–Kier alpha value is -1.98. The molecule has 1 aromatic carbocycles. The lowest BCUT2D eigenvalue weighted by Crippen LogP contribution is -2.47. The average Bonchev–Trinajstić information content (AvgIpc) is 2.60. The van der Waals surface area contributed by atoms with E-state index >= 15 is 0 Å². The lowest BCUT2D eigenvalue weighted by atomic mass is 10.1. The van der Waals surface area contributed by atoms with Gasteiger partial charge in [0.2, 0.25) is 5.91 Å². The summed E-state index contributed by atoms with van der Waals surface area (Å²) in [5, 5.41) is 4.07.